The summed E-state index contributed by atoms with van der Waals surface area (Å²) in [6.07, 6.45) is 0. The highest BCUT2D eigenvalue weighted by molar-refractivity contribution is 7.99. The summed E-state index contributed by atoms with van der Waals surface area (Å²) in [7, 11) is 0. The number of thioether (sulfide) groups is 1. The molecule has 8 nitrogen and oxygen atoms in total. The van der Waals surface area contributed by atoms with Gasteiger partial charge in [0.1, 0.15) is 9.71 Å². The zero-order valence-electron chi connectivity index (χ0n) is 12.2. The van der Waals surface area contributed by atoms with Crippen LogP contribution in [-0.4, -0.2) is 44.1 Å². The van der Waals surface area contributed by atoms with Gasteiger partial charge in [-0.1, -0.05) is 11.8 Å². The molecule has 0 saturated carbocycles. The number of carboxylic acid groups (broad SMARTS) is 1. The Morgan fingerprint density at radius 2 is 2.17 bits per heavy atom. The highest BCUT2D eigenvalue weighted by Crippen LogP contribution is 2.37. The monoisotopic (exact) mass is 356 g/mol. The van der Waals surface area contributed by atoms with Crippen LogP contribution in [0.25, 0.3) is 10.2 Å². The average molecular weight is 356 g/mol. The van der Waals surface area contributed by atoms with Crippen molar-refractivity contribution in [1.29, 1.82) is 0 Å². The summed E-state index contributed by atoms with van der Waals surface area (Å²) in [5.41, 5.74) is -2.51. The molecule has 1 aliphatic rings. The molecule has 2 aromatic rings. The van der Waals surface area contributed by atoms with Crippen LogP contribution in [0.15, 0.2) is 9.95 Å². The van der Waals surface area contributed by atoms with E-state index in [0.29, 0.717) is 0 Å². The molecule has 2 N–H and O–H groups in total. The maximum atomic E-state index is 12.8. The second kappa shape index (κ2) is 5.32. The fourth-order valence-electron chi connectivity index (χ4n) is 2.42. The van der Waals surface area contributed by atoms with Crippen molar-refractivity contribution in [3.63, 3.8) is 0 Å². The Kier molecular flexibility index (Phi) is 3.69. The van der Waals surface area contributed by atoms with Crippen LogP contribution in [0.2, 0.25) is 0 Å². The molecule has 10 heteroatoms. The van der Waals surface area contributed by atoms with Gasteiger partial charge >= 0.3 is 11.9 Å². The standard InChI is InChI=1S/C13H12N2O6S2/c1-3-21-11(19)13(20)4-22-12-14-8-6(9(16)15(12)13)5(2)7(23-8)10(17)18/h20H,3-4H2,1-2H3,(H,17,18)/t13-/m1/s1. The number of hydrogen-bond donors (Lipinski definition) is 2. The van der Waals surface area contributed by atoms with Gasteiger partial charge in [0.2, 0.25) is 0 Å². The first-order chi connectivity index (χ1) is 10.8. The number of carbonyl (C=O) groups excluding carboxylic acids is 1. The topological polar surface area (TPSA) is 119 Å². The van der Waals surface area contributed by atoms with E-state index in [0.717, 1.165) is 27.7 Å². The van der Waals surface area contributed by atoms with Crippen molar-refractivity contribution in [3.8, 4) is 0 Å². The molecule has 0 amide bonds. The summed E-state index contributed by atoms with van der Waals surface area (Å²) in [6.45, 7) is 3.16. The molecule has 3 heterocycles. The number of aromatic nitrogens is 2. The van der Waals surface area contributed by atoms with Crippen LogP contribution in [0.1, 0.15) is 22.2 Å². The molecule has 0 radical (unpaired) electrons. The number of nitrogens with zero attached hydrogens (tertiary/aromatic N) is 2. The van der Waals surface area contributed by atoms with E-state index in [4.69, 9.17) is 4.74 Å². The van der Waals surface area contributed by atoms with Gasteiger partial charge in [-0.25, -0.2) is 19.1 Å². The van der Waals surface area contributed by atoms with Crippen LogP contribution in [-0.2, 0) is 15.3 Å². The van der Waals surface area contributed by atoms with E-state index in [2.05, 4.69) is 4.98 Å². The van der Waals surface area contributed by atoms with Crippen molar-refractivity contribution in [2.75, 3.05) is 12.4 Å². The first-order valence-corrected chi connectivity index (χ1v) is 8.43. The largest absolute Gasteiger partial charge is 0.477 e. The van der Waals surface area contributed by atoms with E-state index in [9.17, 15) is 24.6 Å². The molecular formula is C13H12N2O6S2. The van der Waals surface area contributed by atoms with Crippen molar-refractivity contribution in [2.24, 2.45) is 0 Å². The minimum Gasteiger partial charge on any atom is -0.477 e. The Morgan fingerprint density at radius 1 is 1.48 bits per heavy atom. The minimum atomic E-state index is -2.13. The predicted octanol–water partition coefficient (Wildman–Crippen LogP) is 0.779. The summed E-state index contributed by atoms with van der Waals surface area (Å²) in [4.78, 5) is 40.5. The number of esters is 1. The highest BCUT2D eigenvalue weighted by Gasteiger charge is 2.48. The van der Waals surface area contributed by atoms with Crippen molar-refractivity contribution in [2.45, 2.75) is 24.7 Å². The first kappa shape index (κ1) is 16.0. The third-order valence-electron chi connectivity index (χ3n) is 3.50. The number of rotatable bonds is 3. The molecule has 0 spiro atoms. The number of aliphatic hydroxyl groups is 1. The summed E-state index contributed by atoms with van der Waals surface area (Å²) < 4.78 is 5.74. The summed E-state index contributed by atoms with van der Waals surface area (Å²) in [5.74, 6) is -2.17. The number of aryl methyl sites for hydroxylation is 1. The number of carboxylic acids is 1. The summed E-state index contributed by atoms with van der Waals surface area (Å²) in [6, 6.07) is 0. The molecule has 1 atom stereocenters. The van der Waals surface area contributed by atoms with Crippen LogP contribution in [0.4, 0.5) is 0 Å². The van der Waals surface area contributed by atoms with Crippen LogP contribution in [0.5, 0.6) is 0 Å². The summed E-state index contributed by atoms with van der Waals surface area (Å²) in [5, 5.41) is 20.0. The SMILES string of the molecule is CCOC(=O)[C@]1(O)CSc2nc3sc(C(=O)O)c(C)c3c(=O)n21. The lowest BCUT2D eigenvalue weighted by Crippen LogP contribution is -2.48. The van der Waals surface area contributed by atoms with Crippen molar-refractivity contribution >= 4 is 45.3 Å². The molecule has 3 rings (SSSR count). The molecule has 23 heavy (non-hydrogen) atoms. The van der Waals surface area contributed by atoms with Crippen molar-refractivity contribution < 1.29 is 24.5 Å². The quantitative estimate of drug-likeness (QED) is 0.612. The Hall–Kier alpha value is -1.91. The number of carbonyl (C=O) groups is 2. The fraction of sp³-hybridized carbons (Fsp3) is 0.385. The van der Waals surface area contributed by atoms with Gasteiger partial charge in [0.05, 0.1) is 17.7 Å². The summed E-state index contributed by atoms with van der Waals surface area (Å²) >= 11 is 1.94. The molecular weight excluding hydrogens is 344 g/mol. The maximum absolute atomic E-state index is 12.8. The zero-order valence-corrected chi connectivity index (χ0v) is 13.8. The van der Waals surface area contributed by atoms with Gasteiger partial charge < -0.3 is 14.9 Å². The maximum Gasteiger partial charge on any atom is 0.361 e. The van der Waals surface area contributed by atoms with Gasteiger partial charge in [-0.2, -0.15) is 0 Å². The van der Waals surface area contributed by atoms with E-state index in [-0.39, 0.29) is 38.2 Å². The smallest absolute Gasteiger partial charge is 0.361 e. The molecule has 0 aliphatic carbocycles. The van der Waals surface area contributed by atoms with Gasteiger partial charge in [-0.3, -0.25) is 4.79 Å². The molecule has 0 saturated heterocycles. The fourth-order valence-corrected chi connectivity index (χ4v) is 4.58. The van der Waals surface area contributed by atoms with Crippen LogP contribution in [0, 0.1) is 6.92 Å². The number of aromatic carboxylic acids is 1. The van der Waals surface area contributed by atoms with Gasteiger partial charge in [-0.05, 0) is 19.4 Å². The van der Waals surface area contributed by atoms with E-state index >= 15 is 0 Å². The third kappa shape index (κ3) is 2.17. The predicted molar refractivity (Wildman–Crippen MR) is 83.1 cm³/mol. The molecule has 0 aromatic carbocycles. The molecule has 122 valence electrons. The molecule has 1 aliphatic heterocycles. The average Bonchev–Trinajstić information content (AvgIpc) is 2.99. The highest BCUT2D eigenvalue weighted by atomic mass is 32.2. The lowest BCUT2D eigenvalue weighted by Gasteiger charge is -2.21. The second-order valence-electron chi connectivity index (χ2n) is 4.90. The zero-order chi connectivity index (χ0) is 16.9. The minimum absolute atomic E-state index is 0.0125. The molecule has 0 bridgehead atoms. The number of hydrogen-bond acceptors (Lipinski definition) is 8. The second-order valence-corrected chi connectivity index (χ2v) is 6.84. The van der Waals surface area contributed by atoms with Crippen LogP contribution >= 0.6 is 23.1 Å². The van der Waals surface area contributed by atoms with Crippen molar-refractivity contribution in [1.82, 2.24) is 9.55 Å². The molecule has 0 unspecified atom stereocenters. The van der Waals surface area contributed by atoms with E-state index < -0.39 is 23.2 Å². The Balaban J connectivity index is 2.30. The Bertz CT molecular complexity index is 902. The van der Waals surface area contributed by atoms with Gasteiger partial charge in [0.15, 0.2) is 5.16 Å². The normalized spacial score (nSPS) is 19.8. The lowest BCUT2D eigenvalue weighted by molar-refractivity contribution is -0.173. The van der Waals surface area contributed by atoms with Gasteiger partial charge in [0, 0.05) is 0 Å². The Morgan fingerprint density at radius 3 is 2.78 bits per heavy atom. The van der Waals surface area contributed by atoms with Crippen LogP contribution in [0.3, 0.4) is 0 Å². The Labute approximate surface area is 137 Å². The number of thiophene rings is 1. The van der Waals surface area contributed by atoms with E-state index in [1.165, 1.54) is 6.92 Å². The lowest BCUT2D eigenvalue weighted by atomic mass is 10.2. The molecule has 2 aromatic heterocycles. The van der Waals surface area contributed by atoms with E-state index in [1.54, 1.807) is 6.92 Å². The van der Waals surface area contributed by atoms with Gasteiger partial charge in [0.25, 0.3) is 11.3 Å². The number of fused-ring (bicyclic) bond motifs is 2. The van der Waals surface area contributed by atoms with Gasteiger partial charge in [-0.15, -0.1) is 11.3 Å². The van der Waals surface area contributed by atoms with E-state index in [1.807, 2.05) is 0 Å². The first-order valence-electron chi connectivity index (χ1n) is 6.63. The third-order valence-corrected chi connectivity index (χ3v) is 5.76. The molecule has 0 fully saturated rings. The van der Waals surface area contributed by atoms with Crippen LogP contribution < -0.4 is 5.56 Å². The number of ether oxygens (including phenoxy) is 1. The van der Waals surface area contributed by atoms with Crippen molar-refractivity contribution in [3.05, 3.63) is 20.8 Å².